The number of amides is 3. The number of urea groups is 1. The van der Waals surface area contributed by atoms with Crippen molar-refractivity contribution in [2.75, 3.05) is 32.8 Å². The molecule has 2 aromatic carbocycles. The minimum Gasteiger partial charge on any atom is -0.366 e. The van der Waals surface area contributed by atoms with Crippen LogP contribution in [0.1, 0.15) is 29.9 Å². The van der Waals surface area contributed by atoms with E-state index in [0.29, 0.717) is 31.7 Å². The highest BCUT2D eigenvalue weighted by molar-refractivity contribution is 5.79. The van der Waals surface area contributed by atoms with Gasteiger partial charge in [0.15, 0.2) is 0 Å². The molecular weight excluding hydrogens is 416 g/mol. The maximum absolute atomic E-state index is 13.3. The summed E-state index contributed by atoms with van der Waals surface area (Å²) in [7, 11) is 0. The smallest absolute Gasteiger partial charge is 0.320 e. The van der Waals surface area contributed by atoms with Gasteiger partial charge in [-0.05, 0) is 23.1 Å². The number of fused-ring (bicyclic) bond motifs is 1. The van der Waals surface area contributed by atoms with Gasteiger partial charge in [-0.15, -0.1) is 0 Å². The van der Waals surface area contributed by atoms with Crippen LogP contribution >= 0.6 is 0 Å². The van der Waals surface area contributed by atoms with Crippen molar-refractivity contribution in [2.45, 2.75) is 30.9 Å². The number of alkyl halides is 2. The second-order valence-corrected chi connectivity index (χ2v) is 8.65. The van der Waals surface area contributed by atoms with E-state index in [1.807, 2.05) is 29.2 Å². The molecule has 3 fully saturated rings. The molecule has 0 radical (unpaired) electrons. The first kappa shape index (κ1) is 20.9. The van der Waals surface area contributed by atoms with Gasteiger partial charge < -0.3 is 19.9 Å². The Hall–Kier alpha value is -3.00. The topological polar surface area (TPSA) is 61.9 Å². The van der Waals surface area contributed by atoms with Crippen molar-refractivity contribution in [2.24, 2.45) is 0 Å². The summed E-state index contributed by atoms with van der Waals surface area (Å²) in [5.74, 6) is 0.0952. The van der Waals surface area contributed by atoms with E-state index < -0.39 is 6.43 Å². The standard InChI is InChI=1S/C24H25F2N3O3/c25-23(26)19-4-2-1-3-18(19)16-7-5-15(6-8-16)17-11-29(12-17)24(31)28-10-9-21-20(13-28)27-22(30)14-32-21/h1-8,17,20-21,23H,9-14H2,(H,27,30)/t20-,21+/m1/s1. The number of halogens is 2. The van der Waals surface area contributed by atoms with E-state index >= 15 is 0 Å². The Morgan fingerprint density at radius 2 is 1.78 bits per heavy atom. The number of likely N-dealkylation sites (tertiary alicyclic amines) is 2. The maximum atomic E-state index is 13.3. The number of piperidine rings is 1. The number of hydrogen-bond donors (Lipinski definition) is 1. The van der Waals surface area contributed by atoms with Crippen molar-refractivity contribution in [3.8, 4) is 11.1 Å². The third-order valence-electron chi connectivity index (χ3n) is 6.64. The Balaban J connectivity index is 1.19. The molecule has 32 heavy (non-hydrogen) atoms. The molecule has 5 rings (SSSR count). The molecule has 0 spiro atoms. The molecular formula is C24H25F2N3O3. The molecule has 1 N–H and O–H groups in total. The molecule has 3 aliphatic heterocycles. The summed E-state index contributed by atoms with van der Waals surface area (Å²) in [6.45, 7) is 2.43. The van der Waals surface area contributed by atoms with Gasteiger partial charge in [0.05, 0.1) is 12.1 Å². The highest BCUT2D eigenvalue weighted by Crippen LogP contribution is 2.34. The Kier molecular flexibility index (Phi) is 5.55. The quantitative estimate of drug-likeness (QED) is 0.794. The number of carbonyl (C=O) groups is 2. The maximum Gasteiger partial charge on any atom is 0.320 e. The fourth-order valence-electron chi connectivity index (χ4n) is 4.80. The Morgan fingerprint density at radius 1 is 1.03 bits per heavy atom. The van der Waals surface area contributed by atoms with Crippen LogP contribution in [0.3, 0.4) is 0 Å². The number of morpholine rings is 1. The minimum atomic E-state index is -2.52. The number of carbonyl (C=O) groups excluding carboxylic acids is 2. The van der Waals surface area contributed by atoms with Crippen LogP contribution in [0.2, 0.25) is 0 Å². The fourth-order valence-corrected chi connectivity index (χ4v) is 4.80. The molecule has 0 aliphatic carbocycles. The largest absolute Gasteiger partial charge is 0.366 e. The summed E-state index contributed by atoms with van der Waals surface area (Å²) in [6.07, 6.45) is -1.82. The van der Waals surface area contributed by atoms with Crippen LogP contribution in [0, 0.1) is 0 Å². The first-order chi connectivity index (χ1) is 15.5. The van der Waals surface area contributed by atoms with Gasteiger partial charge in [0, 0.05) is 37.7 Å². The Labute approximate surface area is 185 Å². The van der Waals surface area contributed by atoms with Crippen molar-refractivity contribution in [1.29, 1.82) is 0 Å². The molecule has 3 heterocycles. The highest BCUT2D eigenvalue weighted by Gasteiger charge is 2.40. The molecule has 3 saturated heterocycles. The SMILES string of the molecule is O=C1CO[C@H]2CCN(C(=O)N3CC(c4ccc(-c5ccccc5C(F)F)cc4)C3)C[C@H]2N1. The summed E-state index contributed by atoms with van der Waals surface area (Å²) < 4.78 is 32.2. The summed E-state index contributed by atoms with van der Waals surface area (Å²) in [5.41, 5.74) is 2.43. The highest BCUT2D eigenvalue weighted by atomic mass is 19.3. The van der Waals surface area contributed by atoms with E-state index in [2.05, 4.69) is 5.32 Å². The molecule has 2 aromatic rings. The van der Waals surface area contributed by atoms with Gasteiger partial charge in [-0.25, -0.2) is 13.6 Å². The number of ether oxygens (including phenoxy) is 1. The number of nitrogens with one attached hydrogen (secondary N) is 1. The molecule has 0 saturated carbocycles. The second kappa shape index (κ2) is 8.50. The molecule has 168 valence electrons. The van der Waals surface area contributed by atoms with Gasteiger partial charge in [0.25, 0.3) is 6.43 Å². The van der Waals surface area contributed by atoms with E-state index in [-0.39, 0.29) is 42.2 Å². The van der Waals surface area contributed by atoms with Crippen LogP contribution in [-0.2, 0) is 9.53 Å². The minimum absolute atomic E-state index is 0.0120. The van der Waals surface area contributed by atoms with Crippen molar-refractivity contribution in [1.82, 2.24) is 15.1 Å². The summed E-state index contributed by atoms with van der Waals surface area (Å²) in [4.78, 5) is 28.1. The van der Waals surface area contributed by atoms with Gasteiger partial charge in [-0.3, -0.25) is 4.79 Å². The molecule has 2 atom stereocenters. The van der Waals surface area contributed by atoms with Crippen LogP contribution in [0.15, 0.2) is 48.5 Å². The summed E-state index contributed by atoms with van der Waals surface area (Å²) in [5, 5.41) is 2.92. The van der Waals surface area contributed by atoms with Crippen LogP contribution in [0.4, 0.5) is 13.6 Å². The van der Waals surface area contributed by atoms with Crippen molar-refractivity contribution in [3.63, 3.8) is 0 Å². The summed E-state index contributed by atoms with van der Waals surface area (Å²) >= 11 is 0. The van der Waals surface area contributed by atoms with E-state index in [9.17, 15) is 18.4 Å². The van der Waals surface area contributed by atoms with Crippen molar-refractivity contribution in [3.05, 3.63) is 59.7 Å². The third-order valence-corrected chi connectivity index (χ3v) is 6.64. The lowest BCUT2D eigenvalue weighted by molar-refractivity contribution is -0.139. The number of hydrogen-bond acceptors (Lipinski definition) is 3. The molecule has 8 heteroatoms. The molecule has 6 nitrogen and oxygen atoms in total. The zero-order valence-electron chi connectivity index (χ0n) is 17.5. The Bertz CT molecular complexity index is 1010. The lowest BCUT2D eigenvalue weighted by atomic mass is 9.89. The predicted octanol–water partition coefficient (Wildman–Crippen LogP) is 3.40. The Morgan fingerprint density at radius 3 is 2.53 bits per heavy atom. The predicted molar refractivity (Wildman–Crippen MR) is 114 cm³/mol. The average molecular weight is 441 g/mol. The third kappa shape index (κ3) is 3.95. The lowest BCUT2D eigenvalue weighted by Gasteiger charge is -2.46. The van der Waals surface area contributed by atoms with E-state index in [1.165, 1.54) is 6.07 Å². The molecule has 0 bridgehead atoms. The zero-order chi connectivity index (χ0) is 22.2. The first-order valence-corrected chi connectivity index (χ1v) is 10.9. The number of benzene rings is 2. The zero-order valence-corrected chi connectivity index (χ0v) is 17.5. The molecule has 3 aliphatic rings. The normalized spacial score (nSPS) is 23.5. The van der Waals surface area contributed by atoms with E-state index in [1.54, 1.807) is 23.1 Å². The summed E-state index contributed by atoms with van der Waals surface area (Å²) in [6, 6.07) is 14.1. The van der Waals surface area contributed by atoms with Crippen LogP contribution < -0.4 is 5.32 Å². The van der Waals surface area contributed by atoms with Crippen LogP contribution in [0.25, 0.3) is 11.1 Å². The average Bonchev–Trinajstić information content (AvgIpc) is 2.78. The molecule has 0 aromatic heterocycles. The van der Waals surface area contributed by atoms with Gasteiger partial charge in [0.1, 0.15) is 6.61 Å². The van der Waals surface area contributed by atoms with Crippen molar-refractivity contribution >= 4 is 11.9 Å². The van der Waals surface area contributed by atoms with Gasteiger partial charge in [-0.1, -0.05) is 48.5 Å². The first-order valence-electron chi connectivity index (χ1n) is 10.9. The number of rotatable bonds is 3. The van der Waals surface area contributed by atoms with Gasteiger partial charge in [-0.2, -0.15) is 0 Å². The van der Waals surface area contributed by atoms with Crippen LogP contribution in [-0.4, -0.2) is 66.7 Å². The molecule has 0 unspecified atom stereocenters. The van der Waals surface area contributed by atoms with E-state index in [4.69, 9.17) is 4.74 Å². The monoisotopic (exact) mass is 441 g/mol. The van der Waals surface area contributed by atoms with Gasteiger partial charge in [0.2, 0.25) is 5.91 Å². The van der Waals surface area contributed by atoms with Crippen LogP contribution in [0.5, 0.6) is 0 Å². The fraction of sp³-hybridized carbons (Fsp3) is 0.417. The lowest BCUT2D eigenvalue weighted by Crippen LogP contribution is -2.63. The second-order valence-electron chi connectivity index (χ2n) is 8.65. The van der Waals surface area contributed by atoms with E-state index in [0.717, 1.165) is 17.5 Å². The van der Waals surface area contributed by atoms with Crippen molar-refractivity contribution < 1.29 is 23.1 Å². The van der Waals surface area contributed by atoms with Gasteiger partial charge >= 0.3 is 6.03 Å². The molecule has 3 amide bonds. The number of nitrogens with zero attached hydrogens (tertiary/aromatic N) is 2.